The second-order valence-electron chi connectivity index (χ2n) is 3.97. The van der Waals surface area contributed by atoms with E-state index in [4.69, 9.17) is 34.0 Å². The number of hydrogen-bond donors (Lipinski definition) is 2. The number of rotatable bonds is 3. The van der Waals surface area contributed by atoms with Crippen LogP contribution in [0.15, 0.2) is 30.5 Å². The van der Waals surface area contributed by atoms with Gasteiger partial charge >= 0.3 is 5.97 Å². The monoisotopic (exact) mass is 296 g/mol. The summed E-state index contributed by atoms with van der Waals surface area (Å²) in [5.41, 5.74) is 7.68. The average Bonchev–Trinajstić information content (AvgIpc) is 2.30. The maximum atomic E-state index is 10.9. The summed E-state index contributed by atoms with van der Waals surface area (Å²) < 4.78 is 0. The molecule has 6 heteroatoms. The fraction of sp³-hybridized carbons (Fsp3) is 0.0769. The van der Waals surface area contributed by atoms with Crippen LogP contribution in [0.3, 0.4) is 0 Å². The van der Waals surface area contributed by atoms with Crippen molar-refractivity contribution in [1.82, 2.24) is 4.98 Å². The Bertz CT molecular complexity index is 645. The van der Waals surface area contributed by atoms with E-state index < -0.39 is 5.97 Å². The summed E-state index contributed by atoms with van der Waals surface area (Å²) in [6.07, 6.45) is 1.29. The number of carbonyl (C=O) groups is 1. The Balaban J connectivity index is 2.57. The zero-order valence-corrected chi connectivity index (χ0v) is 11.2. The first-order chi connectivity index (χ1) is 8.97. The Morgan fingerprint density at radius 3 is 2.68 bits per heavy atom. The number of benzene rings is 1. The van der Waals surface area contributed by atoms with Gasteiger partial charge in [-0.2, -0.15) is 0 Å². The maximum absolute atomic E-state index is 10.9. The van der Waals surface area contributed by atoms with Gasteiger partial charge in [0.2, 0.25) is 0 Å². The summed E-state index contributed by atoms with van der Waals surface area (Å²) in [5.74, 6) is -0.960. The Hall–Kier alpha value is -1.78. The van der Waals surface area contributed by atoms with E-state index in [2.05, 4.69) is 4.98 Å². The van der Waals surface area contributed by atoms with Crippen molar-refractivity contribution in [3.05, 3.63) is 46.1 Å². The molecule has 3 N–H and O–H groups in total. The number of carboxylic acid groups (broad SMARTS) is 1. The third-order valence-corrected chi connectivity index (χ3v) is 3.06. The summed E-state index contributed by atoms with van der Waals surface area (Å²) in [6.45, 7) is 0. The first-order valence-corrected chi connectivity index (χ1v) is 6.14. The molecule has 1 heterocycles. The summed E-state index contributed by atoms with van der Waals surface area (Å²) in [4.78, 5) is 15.1. The van der Waals surface area contributed by atoms with E-state index in [9.17, 15) is 4.79 Å². The lowest BCUT2D eigenvalue weighted by atomic mass is 10.0. The smallest absolute Gasteiger partial charge is 0.307 e. The Kier molecular flexibility index (Phi) is 3.93. The van der Waals surface area contributed by atoms with Crippen molar-refractivity contribution in [3.63, 3.8) is 0 Å². The lowest BCUT2D eigenvalue weighted by Crippen LogP contribution is -2.04. The molecule has 0 radical (unpaired) electrons. The van der Waals surface area contributed by atoms with E-state index in [1.54, 1.807) is 24.3 Å². The molecule has 0 aliphatic carbocycles. The van der Waals surface area contributed by atoms with Gasteiger partial charge in [-0.1, -0.05) is 23.2 Å². The van der Waals surface area contributed by atoms with Crippen molar-refractivity contribution < 1.29 is 9.90 Å². The van der Waals surface area contributed by atoms with Gasteiger partial charge < -0.3 is 10.8 Å². The molecule has 2 aromatic rings. The summed E-state index contributed by atoms with van der Waals surface area (Å²) in [5, 5.41) is 9.84. The molecule has 1 aromatic heterocycles. The van der Waals surface area contributed by atoms with Gasteiger partial charge in [0.05, 0.1) is 29.0 Å². The Morgan fingerprint density at radius 1 is 1.32 bits per heavy atom. The summed E-state index contributed by atoms with van der Waals surface area (Å²) in [6, 6.07) is 6.54. The summed E-state index contributed by atoms with van der Waals surface area (Å²) in [7, 11) is 0. The minimum Gasteiger partial charge on any atom is -0.481 e. The fourth-order valence-corrected chi connectivity index (χ4v) is 2.25. The van der Waals surface area contributed by atoms with Crippen LogP contribution in [0.5, 0.6) is 0 Å². The SMILES string of the molecule is Nc1cnc(-c2ccc(Cl)cc2Cl)c(CC(=O)O)c1. The number of pyridine rings is 1. The third-order valence-electron chi connectivity index (χ3n) is 2.52. The number of aliphatic carboxylic acids is 1. The molecule has 2 rings (SSSR count). The number of nitrogens with two attached hydrogens (primary N) is 1. The first kappa shape index (κ1) is 13.6. The molecule has 4 nitrogen and oxygen atoms in total. The normalized spacial score (nSPS) is 10.4. The molecule has 0 saturated heterocycles. The molecule has 0 spiro atoms. The van der Waals surface area contributed by atoms with Crippen LogP contribution in [0, 0.1) is 0 Å². The van der Waals surface area contributed by atoms with E-state index in [1.165, 1.54) is 6.20 Å². The van der Waals surface area contributed by atoms with Gasteiger partial charge in [-0.05, 0) is 29.8 Å². The van der Waals surface area contributed by atoms with Gasteiger partial charge in [-0.25, -0.2) is 0 Å². The average molecular weight is 297 g/mol. The number of carboxylic acids is 1. The predicted molar refractivity (Wildman–Crippen MR) is 75.4 cm³/mol. The van der Waals surface area contributed by atoms with E-state index in [1.807, 2.05) is 0 Å². The molecule has 19 heavy (non-hydrogen) atoms. The number of nitrogen functional groups attached to an aromatic ring is 1. The standard InChI is InChI=1S/C13H10Cl2N2O2/c14-8-1-2-10(11(15)5-8)13-7(4-12(18)19)3-9(16)6-17-13/h1-3,5-6H,4,16H2,(H,18,19). The van der Waals surface area contributed by atoms with Crippen LogP contribution in [0.25, 0.3) is 11.3 Å². The number of hydrogen-bond acceptors (Lipinski definition) is 3. The minimum absolute atomic E-state index is 0.174. The Labute approximate surface area is 119 Å². The van der Waals surface area contributed by atoms with Crippen molar-refractivity contribution in [1.29, 1.82) is 0 Å². The highest BCUT2D eigenvalue weighted by Crippen LogP contribution is 2.32. The zero-order valence-electron chi connectivity index (χ0n) is 9.73. The molecule has 0 aliphatic rings. The quantitative estimate of drug-likeness (QED) is 0.911. The molecule has 0 saturated carbocycles. The number of halogens is 2. The molecule has 1 aromatic carbocycles. The second-order valence-corrected chi connectivity index (χ2v) is 4.81. The van der Waals surface area contributed by atoms with Crippen molar-refractivity contribution in [2.75, 3.05) is 5.73 Å². The highest BCUT2D eigenvalue weighted by Gasteiger charge is 2.13. The Morgan fingerprint density at radius 2 is 2.05 bits per heavy atom. The van der Waals surface area contributed by atoms with Gasteiger partial charge in [-0.3, -0.25) is 9.78 Å². The van der Waals surface area contributed by atoms with E-state index >= 15 is 0 Å². The van der Waals surface area contributed by atoms with Crippen LogP contribution in [0.4, 0.5) is 5.69 Å². The van der Waals surface area contributed by atoms with Crippen LogP contribution < -0.4 is 5.73 Å². The van der Waals surface area contributed by atoms with Crippen molar-refractivity contribution in [2.24, 2.45) is 0 Å². The second kappa shape index (κ2) is 5.47. The van der Waals surface area contributed by atoms with Crippen LogP contribution in [-0.2, 0) is 11.2 Å². The van der Waals surface area contributed by atoms with E-state index in [-0.39, 0.29) is 6.42 Å². The predicted octanol–water partition coefficient (Wildman–Crippen LogP) is 3.26. The van der Waals surface area contributed by atoms with Crippen molar-refractivity contribution >= 4 is 34.9 Å². The van der Waals surface area contributed by atoms with Crippen LogP contribution >= 0.6 is 23.2 Å². The van der Waals surface area contributed by atoms with Gasteiger partial charge in [0.15, 0.2) is 0 Å². The number of aromatic nitrogens is 1. The zero-order chi connectivity index (χ0) is 14.0. The molecule has 0 atom stereocenters. The third kappa shape index (κ3) is 3.16. The van der Waals surface area contributed by atoms with Gasteiger partial charge in [0.25, 0.3) is 0 Å². The topological polar surface area (TPSA) is 76.2 Å². The molecule has 0 fully saturated rings. The van der Waals surface area contributed by atoms with Crippen LogP contribution in [0.1, 0.15) is 5.56 Å². The maximum Gasteiger partial charge on any atom is 0.307 e. The molecule has 0 amide bonds. The van der Waals surface area contributed by atoms with Gasteiger partial charge in [0.1, 0.15) is 0 Å². The molecular formula is C13H10Cl2N2O2. The molecule has 0 bridgehead atoms. The first-order valence-electron chi connectivity index (χ1n) is 5.39. The van der Waals surface area contributed by atoms with Gasteiger partial charge in [-0.15, -0.1) is 0 Å². The lowest BCUT2D eigenvalue weighted by Gasteiger charge is -2.10. The van der Waals surface area contributed by atoms with Crippen molar-refractivity contribution in [3.8, 4) is 11.3 Å². The molecule has 0 aliphatic heterocycles. The number of anilines is 1. The van der Waals surface area contributed by atoms with E-state index in [0.717, 1.165) is 0 Å². The van der Waals surface area contributed by atoms with Gasteiger partial charge in [0, 0.05) is 10.6 Å². The minimum atomic E-state index is -0.960. The summed E-state index contributed by atoms with van der Waals surface area (Å²) >= 11 is 11.9. The van der Waals surface area contributed by atoms with Crippen LogP contribution in [-0.4, -0.2) is 16.1 Å². The molecule has 98 valence electrons. The van der Waals surface area contributed by atoms with E-state index in [0.29, 0.717) is 32.6 Å². The lowest BCUT2D eigenvalue weighted by molar-refractivity contribution is -0.136. The van der Waals surface area contributed by atoms with Crippen molar-refractivity contribution in [2.45, 2.75) is 6.42 Å². The van der Waals surface area contributed by atoms with Crippen LogP contribution in [0.2, 0.25) is 10.0 Å². The number of nitrogens with zero attached hydrogens (tertiary/aromatic N) is 1. The molecular weight excluding hydrogens is 287 g/mol. The largest absolute Gasteiger partial charge is 0.481 e. The fourth-order valence-electron chi connectivity index (χ4n) is 1.75. The highest BCUT2D eigenvalue weighted by molar-refractivity contribution is 6.36. The highest BCUT2D eigenvalue weighted by atomic mass is 35.5. The molecule has 0 unspecified atom stereocenters.